The molecule has 0 bridgehead atoms. The van der Waals surface area contributed by atoms with E-state index in [1.54, 1.807) is 11.0 Å². The maximum absolute atomic E-state index is 12.7. The zero-order valence-corrected chi connectivity index (χ0v) is 18.0. The van der Waals surface area contributed by atoms with E-state index in [9.17, 15) is 4.79 Å². The summed E-state index contributed by atoms with van der Waals surface area (Å²) in [4.78, 5) is 18.6. The average molecular weight is 456 g/mol. The number of carbonyl (C=O) groups excluding carboxylic acids is 1. The summed E-state index contributed by atoms with van der Waals surface area (Å²) in [7, 11) is 0. The summed E-state index contributed by atoms with van der Waals surface area (Å²) in [6.07, 6.45) is 1.65. The van der Waals surface area contributed by atoms with Crippen molar-refractivity contribution in [1.29, 1.82) is 0 Å². The van der Waals surface area contributed by atoms with E-state index in [1.807, 2.05) is 56.3 Å². The Bertz CT molecular complexity index is 1020. The Hall–Kier alpha value is -2.93. The zero-order chi connectivity index (χ0) is 20.8. The third kappa shape index (κ3) is 5.54. The van der Waals surface area contributed by atoms with Gasteiger partial charge in [-0.1, -0.05) is 41.1 Å². The monoisotopic (exact) mass is 455 g/mol. The first-order chi connectivity index (χ1) is 14.0. The van der Waals surface area contributed by atoms with Crippen LogP contribution in [-0.2, 0) is 11.3 Å². The first-order valence-electron chi connectivity index (χ1n) is 9.13. The quantitative estimate of drug-likeness (QED) is 0.460. The first-order valence-corrected chi connectivity index (χ1v) is 9.93. The molecule has 7 heteroatoms. The lowest BCUT2D eigenvalue weighted by molar-refractivity contribution is -0.133. The number of rotatable bonds is 8. The van der Waals surface area contributed by atoms with E-state index in [-0.39, 0.29) is 19.1 Å². The highest BCUT2D eigenvalue weighted by atomic mass is 79.9. The Morgan fingerprint density at radius 3 is 2.76 bits per heavy atom. The highest BCUT2D eigenvalue weighted by molar-refractivity contribution is 9.10. The minimum atomic E-state index is -0.201. The van der Waals surface area contributed by atoms with Crippen LogP contribution in [0.1, 0.15) is 17.0 Å². The largest absolute Gasteiger partial charge is 0.483 e. The molecule has 29 heavy (non-hydrogen) atoms. The third-order valence-corrected chi connectivity index (χ3v) is 4.83. The van der Waals surface area contributed by atoms with E-state index < -0.39 is 0 Å². The Kier molecular flexibility index (Phi) is 6.82. The fourth-order valence-corrected chi connectivity index (χ4v) is 3.36. The predicted molar refractivity (Wildman–Crippen MR) is 114 cm³/mol. The first kappa shape index (κ1) is 20.8. The van der Waals surface area contributed by atoms with Crippen LogP contribution in [0.4, 0.5) is 0 Å². The Morgan fingerprint density at radius 1 is 1.24 bits per heavy atom. The molecule has 0 atom stereocenters. The van der Waals surface area contributed by atoms with Gasteiger partial charge in [0.25, 0.3) is 5.91 Å². The molecule has 1 aromatic heterocycles. The van der Waals surface area contributed by atoms with Gasteiger partial charge in [0.2, 0.25) is 11.7 Å². The van der Waals surface area contributed by atoms with Crippen LogP contribution in [0.25, 0.3) is 11.4 Å². The molecule has 0 fully saturated rings. The number of aromatic nitrogens is 2. The van der Waals surface area contributed by atoms with Crippen molar-refractivity contribution in [2.45, 2.75) is 20.4 Å². The van der Waals surface area contributed by atoms with Crippen molar-refractivity contribution in [3.63, 3.8) is 0 Å². The van der Waals surface area contributed by atoms with Gasteiger partial charge in [0.15, 0.2) is 6.61 Å². The second-order valence-electron chi connectivity index (χ2n) is 6.67. The van der Waals surface area contributed by atoms with E-state index in [1.165, 1.54) is 0 Å². The number of ether oxygens (including phenoxy) is 1. The Balaban J connectivity index is 1.66. The molecule has 1 amide bonds. The molecule has 0 aliphatic heterocycles. The molecule has 0 N–H and O–H groups in total. The standard InChI is InChI=1S/C22H22BrN3O3/c1-4-10-26(21(27)14-28-19-9-8-16(3)12-18(19)23)13-20-24-22(25-29-20)17-7-5-6-15(2)11-17/h4-9,11-12H,1,10,13-14H2,2-3H3. The molecule has 0 unspecified atom stereocenters. The van der Waals surface area contributed by atoms with Crippen molar-refractivity contribution in [3.8, 4) is 17.1 Å². The predicted octanol–water partition coefficient (Wildman–Crippen LogP) is 4.71. The molecule has 0 radical (unpaired) electrons. The van der Waals surface area contributed by atoms with E-state index in [4.69, 9.17) is 9.26 Å². The summed E-state index contributed by atoms with van der Waals surface area (Å²) < 4.78 is 11.8. The Labute approximate surface area is 178 Å². The number of halogens is 1. The second-order valence-corrected chi connectivity index (χ2v) is 7.52. The molecule has 1 heterocycles. The van der Waals surface area contributed by atoms with Gasteiger partial charge in [-0.2, -0.15) is 4.98 Å². The van der Waals surface area contributed by atoms with E-state index in [0.717, 1.165) is 21.2 Å². The SMILES string of the molecule is C=CCN(Cc1nc(-c2cccc(C)c2)no1)C(=O)COc1ccc(C)cc1Br. The van der Waals surface area contributed by atoms with Crippen LogP contribution in [0.2, 0.25) is 0 Å². The molecular formula is C22H22BrN3O3. The average Bonchev–Trinajstić information content (AvgIpc) is 3.15. The summed E-state index contributed by atoms with van der Waals surface area (Å²) >= 11 is 3.45. The number of hydrogen-bond donors (Lipinski definition) is 0. The van der Waals surface area contributed by atoms with E-state index in [2.05, 4.69) is 32.6 Å². The molecule has 150 valence electrons. The van der Waals surface area contributed by atoms with Crippen LogP contribution >= 0.6 is 15.9 Å². The fourth-order valence-electron chi connectivity index (χ4n) is 2.75. The van der Waals surface area contributed by atoms with Crippen molar-refractivity contribution >= 4 is 21.8 Å². The van der Waals surface area contributed by atoms with Crippen molar-refractivity contribution in [1.82, 2.24) is 15.0 Å². The fraction of sp³-hybridized carbons (Fsp3) is 0.227. The summed E-state index contributed by atoms with van der Waals surface area (Å²) in [5.41, 5.74) is 3.08. The zero-order valence-electron chi connectivity index (χ0n) is 16.4. The van der Waals surface area contributed by atoms with Gasteiger partial charge >= 0.3 is 0 Å². The highest BCUT2D eigenvalue weighted by Gasteiger charge is 2.18. The summed E-state index contributed by atoms with van der Waals surface area (Å²) in [6.45, 7) is 8.14. The van der Waals surface area contributed by atoms with Gasteiger partial charge in [-0.3, -0.25) is 4.79 Å². The molecule has 3 rings (SSSR count). The molecule has 0 aliphatic carbocycles. The molecule has 0 aliphatic rings. The lowest BCUT2D eigenvalue weighted by Crippen LogP contribution is -2.34. The van der Waals surface area contributed by atoms with Crippen molar-refractivity contribution in [2.75, 3.05) is 13.2 Å². The van der Waals surface area contributed by atoms with Gasteiger partial charge in [0, 0.05) is 12.1 Å². The third-order valence-electron chi connectivity index (χ3n) is 4.21. The number of benzene rings is 2. The number of nitrogens with zero attached hydrogens (tertiary/aromatic N) is 3. The van der Waals surface area contributed by atoms with Gasteiger partial charge in [0.05, 0.1) is 4.47 Å². The summed E-state index contributed by atoms with van der Waals surface area (Å²) in [5.74, 6) is 1.26. The van der Waals surface area contributed by atoms with Crippen molar-refractivity contribution in [2.24, 2.45) is 0 Å². The summed E-state index contributed by atoms with van der Waals surface area (Å²) in [6, 6.07) is 13.5. The van der Waals surface area contributed by atoms with Crippen LogP contribution in [0, 0.1) is 13.8 Å². The number of carbonyl (C=O) groups is 1. The summed E-state index contributed by atoms with van der Waals surface area (Å²) in [5, 5.41) is 4.03. The van der Waals surface area contributed by atoms with Gasteiger partial charge in [-0.05, 0) is 53.5 Å². The molecule has 0 spiro atoms. The normalized spacial score (nSPS) is 10.6. The van der Waals surface area contributed by atoms with Gasteiger partial charge in [-0.25, -0.2) is 0 Å². The maximum atomic E-state index is 12.7. The number of hydrogen-bond acceptors (Lipinski definition) is 5. The van der Waals surface area contributed by atoms with Crippen LogP contribution < -0.4 is 4.74 Å². The van der Waals surface area contributed by atoms with Crippen LogP contribution in [0.3, 0.4) is 0 Å². The van der Waals surface area contributed by atoms with E-state index in [0.29, 0.717) is 24.0 Å². The van der Waals surface area contributed by atoms with Gasteiger partial charge in [0.1, 0.15) is 12.3 Å². The van der Waals surface area contributed by atoms with Crippen LogP contribution in [0.5, 0.6) is 5.75 Å². The van der Waals surface area contributed by atoms with Crippen LogP contribution in [0.15, 0.2) is 64.1 Å². The van der Waals surface area contributed by atoms with Crippen molar-refractivity contribution < 1.29 is 14.1 Å². The molecule has 0 saturated heterocycles. The number of aryl methyl sites for hydroxylation is 2. The minimum absolute atomic E-state index is 0.103. The maximum Gasteiger partial charge on any atom is 0.261 e. The molecule has 2 aromatic carbocycles. The second kappa shape index (κ2) is 9.52. The highest BCUT2D eigenvalue weighted by Crippen LogP contribution is 2.25. The van der Waals surface area contributed by atoms with Crippen molar-refractivity contribution in [3.05, 3.63) is 76.6 Å². The van der Waals surface area contributed by atoms with E-state index >= 15 is 0 Å². The van der Waals surface area contributed by atoms with Gasteiger partial charge in [-0.15, -0.1) is 6.58 Å². The lowest BCUT2D eigenvalue weighted by Gasteiger charge is -2.19. The molecular weight excluding hydrogens is 434 g/mol. The lowest BCUT2D eigenvalue weighted by atomic mass is 10.1. The van der Waals surface area contributed by atoms with Gasteiger partial charge < -0.3 is 14.2 Å². The molecule has 6 nitrogen and oxygen atoms in total. The Morgan fingerprint density at radius 2 is 2.03 bits per heavy atom. The molecule has 0 saturated carbocycles. The smallest absolute Gasteiger partial charge is 0.261 e. The topological polar surface area (TPSA) is 68.5 Å². The van der Waals surface area contributed by atoms with Crippen LogP contribution in [-0.4, -0.2) is 34.1 Å². The minimum Gasteiger partial charge on any atom is -0.483 e. The molecule has 3 aromatic rings. The number of amides is 1.